The molecule has 1 rings (SSSR count). The molecule has 0 aliphatic carbocycles. The minimum Gasteiger partial charge on any atom is -0.496 e. The minimum absolute atomic E-state index is 0.139. The number of carbonyl (C=O) groups is 1. The van der Waals surface area contributed by atoms with Crippen LogP contribution in [-0.4, -0.2) is 37.6 Å². The molecule has 0 fully saturated rings. The van der Waals surface area contributed by atoms with E-state index >= 15 is 0 Å². The number of nitrogens with one attached hydrogen (secondary N) is 2. The van der Waals surface area contributed by atoms with Gasteiger partial charge in [0.2, 0.25) is 0 Å². The Bertz CT molecular complexity index is 477. The van der Waals surface area contributed by atoms with E-state index in [4.69, 9.17) is 4.74 Å². The fourth-order valence-electron chi connectivity index (χ4n) is 1.65. The van der Waals surface area contributed by atoms with Crippen LogP contribution in [0.4, 0.5) is 5.69 Å². The quantitative estimate of drug-likeness (QED) is 0.426. The molecule has 0 atom stereocenters. The molecule has 7 nitrogen and oxygen atoms in total. The van der Waals surface area contributed by atoms with Crippen LogP contribution in [0.5, 0.6) is 5.75 Å². The Morgan fingerprint density at radius 3 is 2.70 bits per heavy atom. The van der Waals surface area contributed by atoms with E-state index in [1.54, 1.807) is 0 Å². The zero-order valence-electron chi connectivity index (χ0n) is 11.6. The summed E-state index contributed by atoms with van der Waals surface area (Å²) in [6.07, 6.45) is 1.02. The number of benzene rings is 1. The van der Waals surface area contributed by atoms with Crippen LogP contribution in [0.15, 0.2) is 18.2 Å². The molecule has 0 saturated heterocycles. The van der Waals surface area contributed by atoms with E-state index in [0.29, 0.717) is 18.8 Å². The van der Waals surface area contributed by atoms with Crippen LogP contribution in [0, 0.1) is 10.1 Å². The number of nitro groups is 1. The predicted molar refractivity (Wildman–Crippen MR) is 75.1 cm³/mol. The highest BCUT2D eigenvalue weighted by Gasteiger charge is 2.16. The van der Waals surface area contributed by atoms with Crippen LogP contribution in [0.1, 0.15) is 23.7 Å². The first-order valence-corrected chi connectivity index (χ1v) is 6.41. The van der Waals surface area contributed by atoms with E-state index in [1.165, 1.54) is 25.3 Å². The maximum Gasteiger partial charge on any atom is 0.270 e. The summed E-state index contributed by atoms with van der Waals surface area (Å²) in [6.45, 7) is 4.04. The molecule has 7 heteroatoms. The molecule has 1 amide bonds. The lowest BCUT2D eigenvalue weighted by Crippen LogP contribution is -2.32. The fraction of sp³-hybridized carbons (Fsp3) is 0.462. The molecule has 0 bridgehead atoms. The highest BCUT2D eigenvalue weighted by Crippen LogP contribution is 2.23. The smallest absolute Gasteiger partial charge is 0.270 e. The zero-order valence-corrected chi connectivity index (χ0v) is 11.6. The van der Waals surface area contributed by atoms with Crippen molar-refractivity contribution in [2.24, 2.45) is 0 Å². The van der Waals surface area contributed by atoms with Gasteiger partial charge in [-0.2, -0.15) is 0 Å². The molecular weight excluding hydrogens is 262 g/mol. The number of carbonyl (C=O) groups excluding carboxylic acids is 1. The van der Waals surface area contributed by atoms with Crippen LogP contribution in [0.2, 0.25) is 0 Å². The molecule has 0 aliphatic rings. The summed E-state index contributed by atoms with van der Waals surface area (Å²) < 4.78 is 5.05. The molecule has 110 valence electrons. The molecular formula is C13H19N3O4. The normalized spacial score (nSPS) is 10.1. The van der Waals surface area contributed by atoms with Gasteiger partial charge in [-0.3, -0.25) is 14.9 Å². The largest absolute Gasteiger partial charge is 0.496 e. The third-order valence-electron chi connectivity index (χ3n) is 2.65. The molecule has 0 aliphatic heterocycles. The van der Waals surface area contributed by atoms with Crippen LogP contribution in [0.3, 0.4) is 0 Å². The van der Waals surface area contributed by atoms with Crippen molar-refractivity contribution in [3.05, 3.63) is 33.9 Å². The maximum atomic E-state index is 12.0. The van der Waals surface area contributed by atoms with Gasteiger partial charge in [0.1, 0.15) is 5.75 Å². The van der Waals surface area contributed by atoms with Crippen LogP contribution in [-0.2, 0) is 0 Å². The Labute approximate surface area is 117 Å². The zero-order chi connectivity index (χ0) is 15.0. The maximum absolute atomic E-state index is 12.0. The molecule has 0 unspecified atom stereocenters. The summed E-state index contributed by atoms with van der Waals surface area (Å²) in [6, 6.07) is 3.94. The van der Waals surface area contributed by atoms with Crippen molar-refractivity contribution in [1.29, 1.82) is 0 Å². The highest BCUT2D eigenvalue weighted by molar-refractivity contribution is 5.97. The molecule has 1 aromatic carbocycles. The fourth-order valence-corrected chi connectivity index (χ4v) is 1.65. The molecule has 0 radical (unpaired) electrons. The molecule has 0 spiro atoms. The molecule has 0 saturated carbocycles. The van der Waals surface area contributed by atoms with Crippen molar-refractivity contribution in [3.8, 4) is 5.75 Å². The lowest BCUT2D eigenvalue weighted by molar-refractivity contribution is -0.384. The number of ether oxygens (including phenoxy) is 1. The van der Waals surface area contributed by atoms with E-state index in [1.807, 2.05) is 0 Å². The first-order chi connectivity index (χ1) is 9.60. The second kappa shape index (κ2) is 8.11. The van der Waals surface area contributed by atoms with Crippen LogP contribution >= 0.6 is 0 Å². The van der Waals surface area contributed by atoms with Gasteiger partial charge in [-0.05, 0) is 19.0 Å². The summed E-state index contributed by atoms with van der Waals surface area (Å²) in [7, 11) is 1.42. The molecule has 0 heterocycles. The van der Waals surface area contributed by atoms with Gasteiger partial charge in [-0.1, -0.05) is 6.92 Å². The molecule has 0 aromatic heterocycles. The number of nitro benzene ring substituents is 1. The summed E-state index contributed by atoms with van der Waals surface area (Å²) in [5, 5.41) is 16.6. The average molecular weight is 281 g/mol. The third-order valence-corrected chi connectivity index (χ3v) is 2.65. The Morgan fingerprint density at radius 2 is 2.10 bits per heavy atom. The number of rotatable bonds is 8. The van der Waals surface area contributed by atoms with Gasteiger partial charge >= 0.3 is 0 Å². The van der Waals surface area contributed by atoms with Crippen LogP contribution < -0.4 is 15.4 Å². The van der Waals surface area contributed by atoms with Gasteiger partial charge in [0.25, 0.3) is 11.6 Å². The number of non-ortho nitro benzene ring substituents is 1. The van der Waals surface area contributed by atoms with Gasteiger partial charge in [-0.15, -0.1) is 0 Å². The Morgan fingerprint density at radius 1 is 1.35 bits per heavy atom. The highest BCUT2D eigenvalue weighted by atomic mass is 16.6. The van der Waals surface area contributed by atoms with Crippen molar-refractivity contribution in [3.63, 3.8) is 0 Å². The predicted octanol–water partition coefficient (Wildman–Crippen LogP) is 1.33. The van der Waals surface area contributed by atoms with E-state index in [9.17, 15) is 14.9 Å². The average Bonchev–Trinajstić information content (AvgIpc) is 2.46. The Kier molecular flexibility index (Phi) is 6.45. The van der Waals surface area contributed by atoms with Crippen molar-refractivity contribution >= 4 is 11.6 Å². The van der Waals surface area contributed by atoms with Crippen molar-refractivity contribution in [1.82, 2.24) is 10.6 Å². The van der Waals surface area contributed by atoms with E-state index < -0.39 is 4.92 Å². The second-order valence-corrected chi connectivity index (χ2v) is 4.15. The summed E-state index contributed by atoms with van der Waals surface area (Å²) in [5.41, 5.74) is 0.0252. The van der Waals surface area contributed by atoms with Crippen LogP contribution in [0.25, 0.3) is 0 Å². The van der Waals surface area contributed by atoms with E-state index in [-0.39, 0.29) is 17.2 Å². The molecule has 2 N–H and O–H groups in total. The van der Waals surface area contributed by atoms with Gasteiger partial charge < -0.3 is 15.4 Å². The Balaban J connectivity index is 2.70. The minimum atomic E-state index is -0.543. The SMILES string of the molecule is CCCNCCNC(=O)c1cc([N+](=O)[O-])ccc1OC. The molecule has 20 heavy (non-hydrogen) atoms. The number of nitrogens with zero attached hydrogens (tertiary/aromatic N) is 1. The number of hydrogen-bond donors (Lipinski definition) is 2. The first kappa shape index (κ1) is 15.9. The third kappa shape index (κ3) is 4.51. The van der Waals surface area contributed by atoms with E-state index in [0.717, 1.165) is 13.0 Å². The van der Waals surface area contributed by atoms with Crippen molar-refractivity contribution < 1.29 is 14.5 Å². The van der Waals surface area contributed by atoms with E-state index in [2.05, 4.69) is 17.6 Å². The summed E-state index contributed by atoms with van der Waals surface area (Å²) >= 11 is 0. The number of amides is 1. The van der Waals surface area contributed by atoms with Gasteiger partial charge in [0, 0.05) is 25.2 Å². The first-order valence-electron chi connectivity index (χ1n) is 6.41. The van der Waals surface area contributed by atoms with Gasteiger partial charge in [0.05, 0.1) is 17.6 Å². The van der Waals surface area contributed by atoms with Gasteiger partial charge in [-0.25, -0.2) is 0 Å². The lowest BCUT2D eigenvalue weighted by Gasteiger charge is -2.09. The molecule has 1 aromatic rings. The Hall–Kier alpha value is -2.15. The van der Waals surface area contributed by atoms with Crippen molar-refractivity contribution in [2.75, 3.05) is 26.7 Å². The second-order valence-electron chi connectivity index (χ2n) is 4.15. The topological polar surface area (TPSA) is 93.5 Å². The summed E-state index contributed by atoms with van der Waals surface area (Å²) in [4.78, 5) is 22.2. The monoisotopic (exact) mass is 281 g/mol. The standard InChI is InChI=1S/C13H19N3O4/c1-3-6-14-7-8-15-13(17)11-9-10(16(18)19)4-5-12(11)20-2/h4-5,9,14H,3,6-8H2,1-2H3,(H,15,17). The lowest BCUT2D eigenvalue weighted by atomic mass is 10.1. The van der Waals surface area contributed by atoms with Gasteiger partial charge in [0.15, 0.2) is 0 Å². The number of hydrogen-bond acceptors (Lipinski definition) is 5. The summed E-state index contributed by atoms with van der Waals surface area (Å²) in [5.74, 6) is -0.0709. The van der Waals surface area contributed by atoms with Crippen molar-refractivity contribution in [2.45, 2.75) is 13.3 Å². The number of methoxy groups -OCH3 is 1.